The molecule has 0 aliphatic carbocycles. The normalized spacial score (nSPS) is 21.6. The fourth-order valence-corrected chi connectivity index (χ4v) is 3.42. The molecule has 0 unspecified atom stereocenters. The number of amides is 1. The van der Waals surface area contributed by atoms with E-state index in [1.807, 2.05) is 14.0 Å². The Morgan fingerprint density at radius 2 is 2.30 bits per heavy atom. The molecule has 0 radical (unpaired) electrons. The molecule has 23 heavy (non-hydrogen) atoms. The summed E-state index contributed by atoms with van der Waals surface area (Å²) >= 11 is 3.30. The zero-order chi connectivity index (χ0) is 17.0. The van der Waals surface area contributed by atoms with Gasteiger partial charge in [-0.25, -0.2) is 4.39 Å². The number of likely N-dealkylation sites (tertiary alicyclic amines) is 1. The number of carbonyl (C=O) groups excluding carboxylic acids is 1. The van der Waals surface area contributed by atoms with Gasteiger partial charge in [0.1, 0.15) is 5.82 Å². The second-order valence-corrected chi connectivity index (χ2v) is 6.75. The van der Waals surface area contributed by atoms with Crippen molar-refractivity contribution in [2.75, 3.05) is 26.7 Å². The number of carbonyl (C=O) groups is 1. The maximum Gasteiger partial charge on any atom is 0.246 e. The van der Waals surface area contributed by atoms with Crippen LogP contribution in [0.2, 0.25) is 0 Å². The Bertz CT molecular complexity index is 594. The molecule has 126 valence electrons. The molecule has 0 bridgehead atoms. The zero-order valence-corrected chi connectivity index (χ0v) is 15.0. The zero-order valence-electron chi connectivity index (χ0n) is 13.4. The lowest BCUT2D eigenvalue weighted by Gasteiger charge is -2.29. The SMILES string of the molecule is C[C@@H]1[C@H](N(C)CCO)CCN1C(=O)/C=C/c1cc(Br)ccc1F. The van der Waals surface area contributed by atoms with Crippen LogP contribution in [0.3, 0.4) is 0 Å². The van der Waals surface area contributed by atoms with Gasteiger partial charge in [0.2, 0.25) is 5.91 Å². The highest BCUT2D eigenvalue weighted by atomic mass is 79.9. The number of aliphatic hydroxyl groups excluding tert-OH is 1. The third-order valence-electron chi connectivity index (χ3n) is 4.38. The largest absolute Gasteiger partial charge is 0.395 e. The molecule has 0 spiro atoms. The molecule has 1 fully saturated rings. The average Bonchev–Trinajstić information content (AvgIpc) is 2.90. The molecule has 1 aromatic rings. The van der Waals surface area contributed by atoms with Gasteiger partial charge in [-0.1, -0.05) is 15.9 Å². The highest BCUT2D eigenvalue weighted by Gasteiger charge is 2.34. The fourth-order valence-electron chi connectivity index (χ4n) is 3.05. The van der Waals surface area contributed by atoms with E-state index in [9.17, 15) is 9.18 Å². The van der Waals surface area contributed by atoms with Gasteiger partial charge in [0, 0.05) is 41.3 Å². The first-order valence-electron chi connectivity index (χ1n) is 7.69. The summed E-state index contributed by atoms with van der Waals surface area (Å²) < 4.78 is 14.5. The van der Waals surface area contributed by atoms with Gasteiger partial charge in [-0.2, -0.15) is 0 Å². The molecular weight excluding hydrogens is 363 g/mol. The predicted molar refractivity (Wildman–Crippen MR) is 92.4 cm³/mol. The van der Waals surface area contributed by atoms with Crippen LogP contribution in [0.4, 0.5) is 4.39 Å². The van der Waals surface area contributed by atoms with E-state index in [0.717, 1.165) is 10.9 Å². The van der Waals surface area contributed by atoms with Crippen LogP contribution in [0.1, 0.15) is 18.9 Å². The number of hydrogen-bond donors (Lipinski definition) is 1. The van der Waals surface area contributed by atoms with E-state index in [0.29, 0.717) is 18.7 Å². The Labute approximate surface area is 144 Å². The third kappa shape index (κ3) is 4.40. The molecule has 1 N–H and O–H groups in total. The number of halogens is 2. The van der Waals surface area contributed by atoms with E-state index in [4.69, 9.17) is 5.11 Å². The first-order chi connectivity index (χ1) is 10.9. The summed E-state index contributed by atoms with van der Waals surface area (Å²) in [6, 6.07) is 4.94. The smallest absolute Gasteiger partial charge is 0.246 e. The van der Waals surface area contributed by atoms with Gasteiger partial charge in [-0.05, 0) is 44.7 Å². The Kier molecular flexibility index (Phi) is 6.33. The summed E-state index contributed by atoms with van der Waals surface area (Å²) in [5.41, 5.74) is 0.383. The predicted octanol–water partition coefficient (Wildman–Crippen LogP) is 2.51. The van der Waals surface area contributed by atoms with Crippen molar-refractivity contribution < 1.29 is 14.3 Å². The molecule has 1 amide bonds. The minimum atomic E-state index is -0.354. The van der Waals surface area contributed by atoms with E-state index in [-0.39, 0.29) is 30.4 Å². The van der Waals surface area contributed by atoms with E-state index < -0.39 is 0 Å². The molecule has 1 heterocycles. The van der Waals surface area contributed by atoms with Crippen molar-refractivity contribution in [3.05, 3.63) is 40.1 Å². The average molecular weight is 385 g/mol. The van der Waals surface area contributed by atoms with E-state index in [2.05, 4.69) is 20.8 Å². The van der Waals surface area contributed by atoms with E-state index in [1.165, 1.54) is 18.2 Å². The number of benzene rings is 1. The summed E-state index contributed by atoms with van der Waals surface area (Å²) in [6.07, 6.45) is 3.82. The fraction of sp³-hybridized carbons (Fsp3) is 0.471. The van der Waals surface area contributed by atoms with Crippen molar-refractivity contribution >= 4 is 27.9 Å². The van der Waals surface area contributed by atoms with Crippen molar-refractivity contribution in [1.82, 2.24) is 9.80 Å². The highest BCUT2D eigenvalue weighted by Crippen LogP contribution is 2.23. The Morgan fingerprint density at radius 1 is 1.57 bits per heavy atom. The Hall–Kier alpha value is -1.24. The van der Waals surface area contributed by atoms with Gasteiger partial charge in [-0.15, -0.1) is 0 Å². The van der Waals surface area contributed by atoms with Crippen molar-refractivity contribution in [2.24, 2.45) is 0 Å². The summed E-state index contributed by atoms with van der Waals surface area (Å²) in [6.45, 7) is 3.38. The minimum absolute atomic E-state index is 0.0658. The molecule has 1 saturated heterocycles. The quantitative estimate of drug-likeness (QED) is 0.793. The molecule has 0 saturated carbocycles. The van der Waals surface area contributed by atoms with Crippen LogP contribution in [0.15, 0.2) is 28.7 Å². The molecule has 1 aromatic carbocycles. The van der Waals surface area contributed by atoms with Crippen LogP contribution in [0.25, 0.3) is 6.08 Å². The Balaban J connectivity index is 2.04. The minimum Gasteiger partial charge on any atom is -0.395 e. The monoisotopic (exact) mass is 384 g/mol. The van der Waals surface area contributed by atoms with Gasteiger partial charge >= 0.3 is 0 Å². The topological polar surface area (TPSA) is 43.8 Å². The standard InChI is InChI=1S/C17H22BrFN2O2/c1-12-16(20(2)9-10-22)7-8-21(12)17(23)6-3-13-11-14(18)4-5-15(13)19/h3-6,11-12,16,22H,7-10H2,1-2H3/b6-3+/t12-,16-/m1/s1. The van der Waals surface area contributed by atoms with Crippen molar-refractivity contribution in [3.8, 4) is 0 Å². The van der Waals surface area contributed by atoms with Crippen molar-refractivity contribution in [1.29, 1.82) is 0 Å². The van der Waals surface area contributed by atoms with Gasteiger partial charge < -0.3 is 10.0 Å². The molecule has 0 aromatic heterocycles. The number of nitrogens with zero attached hydrogens (tertiary/aromatic N) is 2. The summed E-state index contributed by atoms with van der Waals surface area (Å²) in [5, 5.41) is 9.04. The van der Waals surface area contributed by atoms with E-state index in [1.54, 1.807) is 17.0 Å². The van der Waals surface area contributed by atoms with Crippen LogP contribution in [0, 0.1) is 5.82 Å². The molecule has 2 atom stereocenters. The lowest BCUT2D eigenvalue weighted by atomic mass is 10.1. The number of likely N-dealkylation sites (N-methyl/N-ethyl adjacent to an activating group) is 1. The number of aliphatic hydroxyl groups is 1. The van der Waals surface area contributed by atoms with Crippen molar-refractivity contribution in [3.63, 3.8) is 0 Å². The summed E-state index contributed by atoms with van der Waals surface area (Å²) in [5.74, 6) is -0.468. The van der Waals surface area contributed by atoms with Crippen LogP contribution < -0.4 is 0 Å². The molecule has 1 aliphatic rings. The van der Waals surface area contributed by atoms with Gasteiger partial charge in [-0.3, -0.25) is 9.69 Å². The second kappa shape index (κ2) is 8.04. The lowest BCUT2D eigenvalue weighted by molar-refractivity contribution is -0.126. The Morgan fingerprint density at radius 3 is 3.00 bits per heavy atom. The molecule has 6 heteroatoms. The first kappa shape index (κ1) is 18.1. The van der Waals surface area contributed by atoms with Gasteiger partial charge in [0.05, 0.1) is 6.61 Å². The third-order valence-corrected chi connectivity index (χ3v) is 4.87. The van der Waals surface area contributed by atoms with Gasteiger partial charge in [0.15, 0.2) is 0 Å². The summed E-state index contributed by atoms with van der Waals surface area (Å²) in [7, 11) is 1.96. The van der Waals surface area contributed by atoms with Crippen LogP contribution in [-0.4, -0.2) is 59.6 Å². The van der Waals surface area contributed by atoms with Crippen LogP contribution in [-0.2, 0) is 4.79 Å². The highest BCUT2D eigenvalue weighted by molar-refractivity contribution is 9.10. The lowest BCUT2D eigenvalue weighted by Crippen LogP contribution is -2.44. The maximum atomic E-state index is 13.7. The maximum absolute atomic E-state index is 13.7. The van der Waals surface area contributed by atoms with Crippen molar-refractivity contribution in [2.45, 2.75) is 25.4 Å². The first-order valence-corrected chi connectivity index (χ1v) is 8.48. The molecular formula is C17H22BrFN2O2. The van der Waals surface area contributed by atoms with Crippen LogP contribution >= 0.6 is 15.9 Å². The number of hydrogen-bond acceptors (Lipinski definition) is 3. The molecule has 2 rings (SSSR count). The summed E-state index contributed by atoms with van der Waals surface area (Å²) in [4.78, 5) is 16.3. The van der Waals surface area contributed by atoms with E-state index >= 15 is 0 Å². The van der Waals surface area contributed by atoms with Gasteiger partial charge in [0.25, 0.3) is 0 Å². The van der Waals surface area contributed by atoms with Crippen LogP contribution in [0.5, 0.6) is 0 Å². The molecule has 1 aliphatic heterocycles. The number of rotatable bonds is 5. The molecule has 4 nitrogen and oxygen atoms in total. The second-order valence-electron chi connectivity index (χ2n) is 5.83.